The van der Waals surface area contributed by atoms with Crippen LogP contribution in [0.1, 0.15) is 44.5 Å². The summed E-state index contributed by atoms with van der Waals surface area (Å²) in [6.07, 6.45) is 4.32. The van der Waals surface area contributed by atoms with E-state index >= 15 is 0 Å². The predicted molar refractivity (Wildman–Crippen MR) is 128 cm³/mol. The van der Waals surface area contributed by atoms with E-state index in [0.29, 0.717) is 0 Å². The van der Waals surface area contributed by atoms with E-state index in [2.05, 4.69) is 94.0 Å². The van der Waals surface area contributed by atoms with Gasteiger partial charge in [-0.25, -0.2) is 4.57 Å². The van der Waals surface area contributed by atoms with Crippen LogP contribution in [0.25, 0.3) is 33.5 Å². The Kier molecular flexibility index (Phi) is 3.84. The summed E-state index contributed by atoms with van der Waals surface area (Å²) >= 11 is 0. The number of aromatic nitrogens is 1. The first-order valence-electron chi connectivity index (χ1n) is 11.3. The molecule has 0 saturated carbocycles. The van der Waals surface area contributed by atoms with Gasteiger partial charge in [0.15, 0.2) is 6.20 Å². The van der Waals surface area contributed by atoms with Crippen molar-refractivity contribution in [1.29, 1.82) is 0 Å². The summed E-state index contributed by atoms with van der Waals surface area (Å²) in [5.74, 6) is 0. The van der Waals surface area contributed by atoms with Gasteiger partial charge in [-0.2, -0.15) is 0 Å². The molecule has 2 aliphatic carbocycles. The molecule has 31 heavy (non-hydrogen) atoms. The van der Waals surface area contributed by atoms with Crippen LogP contribution in [-0.2, 0) is 19.9 Å². The topological polar surface area (TPSA) is 3.88 Å². The summed E-state index contributed by atoms with van der Waals surface area (Å²) in [6, 6.07) is 18.5. The lowest BCUT2D eigenvalue weighted by Crippen LogP contribution is -2.32. The minimum Gasteiger partial charge on any atom is -0.201 e. The van der Waals surface area contributed by atoms with Gasteiger partial charge in [-0.15, -0.1) is 0 Å². The van der Waals surface area contributed by atoms with Crippen LogP contribution in [0, 0.1) is 27.7 Å². The van der Waals surface area contributed by atoms with Gasteiger partial charge in [0.2, 0.25) is 5.69 Å². The van der Waals surface area contributed by atoms with Crippen molar-refractivity contribution in [1.82, 2.24) is 0 Å². The van der Waals surface area contributed by atoms with E-state index in [9.17, 15) is 0 Å². The molecule has 0 amide bonds. The van der Waals surface area contributed by atoms with Gasteiger partial charge in [0.1, 0.15) is 7.05 Å². The largest absolute Gasteiger partial charge is 0.216 e. The zero-order chi connectivity index (χ0) is 21.4. The molecule has 1 heteroatoms. The van der Waals surface area contributed by atoms with Gasteiger partial charge in [-0.05, 0) is 95.8 Å². The quantitative estimate of drug-likeness (QED) is 0.274. The van der Waals surface area contributed by atoms with Crippen molar-refractivity contribution in [2.24, 2.45) is 7.05 Å². The van der Waals surface area contributed by atoms with Crippen LogP contribution in [0.5, 0.6) is 0 Å². The molecule has 0 spiro atoms. The number of aryl methyl sites for hydroxylation is 4. The van der Waals surface area contributed by atoms with Crippen LogP contribution in [-0.4, -0.2) is 0 Å². The summed E-state index contributed by atoms with van der Waals surface area (Å²) in [5.41, 5.74) is 20.0. The Morgan fingerprint density at radius 3 is 2.23 bits per heavy atom. The molecule has 1 heterocycles. The average molecular weight is 403 g/mol. The highest BCUT2D eigenvalue weighted by Crippen LogP contribution is 2.51. The Labute approximate surface area is 185 Å². The molecule has 1 nitrogen and oxygen atoms in total. The third-order valence-electron chi connectivity index (χ3n) is 7.50. The second kappa shape index (κ2) is 6.40. The van der Waals surface area contributed by atoms with Crippen molar-refractivity contribution < 1.29 is 4.57 Å². The summed E-state index contributed by atoms with van der Waals surface area (Å²) in [6.45, 7) is 8.97. The number of hydrogen-bond acceptors (Lipinski definition) is 0. The van der Waals surface area contributed by atoms with E-state index in [4.69, 9.17) is 0 Å². The first-order valence-corrected chi connectivity index (χ1v) is 11.3. The standard InChI is InChI=1S/C30H28N/c1-17-13-19(3)20(4)25(14-17)30-26-16-23-10-9-22-15-21-8-6-7-18(2)27(21)29(22)28(23)24(26)11-12-31(30)5/h6-14H,15-16H2,1-5H3/q+1. The predicted octanol–water partition coefficient (Wildman–Crippen LogP) is 6.55. The van der Waals surface area contributed by atoms with Gasteiger partial charge in [0.05, 0.1) is 0 Å². The third-order valence-corrected chi connectivity index (χ3v) is 7.50. The van der Waals surface area contributed by atoms with Crippen LogP contribution in [0.3, 0.4) is 0 Å². The Morgan fingerprint density at radius 2 is 1.42 bits per heavy atom. The highest BCUT2D eigenvalue weighted by atomic mass is 14.9. The van der Waals surface area contributed by atoms with Gasteiger partial charge >= 0.3 is 0 Å². The minimum atomic E-state index is 1.01. The van der Waals surface area contributed by atoms with E-state index in [1.807, 2.05) is 0 Å². The summed E-state index contributed by atoms with van der Waals surface area (Å²) in [4.78, 5) is 0. The van der Waals surface area contributed by atoms with E-state index in [0.717, 1.165) is 12.8 Å². The lowest BCUT2D eigenvalue weighted by Gasteiger charge is -2.14. The monoisotopic (exact) mass is 402 g/mol. The first-order chi connectivity index (χ1) is 14.9. The lowest BCUT2D eigenvalue weighted by molar-refractivity contribution is -0.660. The molecule has 0 atom stereocenters. The van der Waals surface area contributed by atoms with Gasteiger partial charge in [-0.3, -0.25) is 0 Å². The zero-order valence-corrected chi connectivity index (χ0v) is 19.1. The molecule has 0 N–H and O–H groups in total. The van der Waals surface area contributed by atoms with Gasteiger partial charge < -0.3 is 0 Å². The molecular formula is C30H28N+. The van der Waals surface area contributed by atoms with E-state index in [1.54, 1.807) is 0 Å². The Hall–Kier alpha value is -3.19. The maximum Gasteiger partial charge on any atom is 0.216 e. The minimum absolute atomic E-state index is 1.01. The van der Waals surface area contributed by atoms with Crippen molar-refractivity contribution in [2.45, 2.75) is 40.5 Å². The second-order valence-electron chi connectivity index (χ2n) is 9.52. The molecule has 0 unspecified atom stereocenters. The molecule has 6 rings (SSSR count). The van der Waals surface area contributed by atoms with Crippen molar-refractivity contribution in [3.8, 4) is 33.5 Å². The highest BCUT2D eigenvalue weighted by molar-refractivity contribution is 5.97. The molecule has 1 aromatic heterocycles. The fourth-order valence-electron chi connectivity index (χ4n) is 5.96. The van der Waals surface area contributed by atoms with Gasteiger partial charge in [-0.1, -0.05) is 42.0 Å². The Bertz CT molecular complexity index is 1420. The molecule has 3 aromatic carbocycles. The van der Waals surface area contributed by atoms with Crippen molar-refractivity contribution in [3.63, 3.8) is 0 Å². The van der Waals surface area contributed by atoms with Crippen LogP contribution in [0.4, 0.5) is 0 Å². The number of fused-ring (bicyclic) bond motifs is 7. The number of benzene rings is 3. The highest BCUT2D eigenvalue weighted by Gasteiger charge is 2.34. The van der Waals surface area contributed by atoms with Crippen molar-refractivity contribution in [3.05, 3.63) is 99.2 Å². The molecule has 0 radical (unpaired) electrons. The lowest BCUT2D eigenvalue weighted by atomic mass is 9.91. The summed E-state index contributed by atoms with van der Waals surface area (Å²) in [7, 11) is 2.19. The Morgan fingerprint density at radius 1 is 0.677 bits per heavy atom. The fourth-order valence-corrected chi connectivity index (χ4v) is 5.96. The molecule has 4 aromatic rings. The van der Waals surface area contributed by atoms with Gasteiger partial charge in [0, 0.05) is 23.6 Å². The summed E-state index contributed by atoms with van der Waals surface area (Å²) in [5, 5.41) is 0. The molecule has 2 aliphatic rings. The van der Waals surface area contributed by atoms with Crippen LogP contribution >= 0.6 is 0 Å². The van der Waals surface area contributed by atoms with Crippen LogP contribution < -0.4 is 4.57 Å². The Balaban J connectivity index is 1.66. The zero-order valence-electron chi connectivity index (χ0n) is 19.1. The van der Waals surface area contributed by atoms with Crippen LogP contribution in [0.15, 0.2) is 54.7 Å². The fraction of sp³-hybridized carbons (Fsp3) is 0.233. The van der Waals surface area contributed by atoms with E-state index < -0.39 is 0 Å². The smallest absolute Gasteiger partial charge is 0.201 e. The molecule has 0 aliphatic heterocycles. The SMILES string of the molecule is Cc1cc(C)c(C)c(-c2c3c(cc[n+]2C)-c2c(ccc4c2-c2c(C)cccc2C4)C3)c1. The molecule has 152 valence electrons. The van der Waals surface area contributed by atoms with E-state index in [1.165, 1.54) is 78.0 Å². The molecular weight excluding hydrogens is 374 g/mol. The second-order valence-corrected chi connectivity index (χ2v) is 9.52. The molecule has 0 fully saturated rings. The number of hydrogen-bond donors (Lipinski definition) is 0. The van der Waals surface area contributed by atoms with Gasteiger partial charge in [0.25, 0.3) is 0 Å². The maximum absolute atomic E-state index is 2.38. The first kappa shape index (κ1) is 18.6. The third kappa shape index (κ3) is 2.53. The van der Waals surface area contributed by atoms with Crippen molar-refractivity contribution >= 4 is 0 Å². The maximum atomic E-state index is 2.38. The van der Waals surface area contributed by atoms with E-state index in [-0.39, 0.29) is 0 Å². The van der Waals surface area contributed by atoms with Crippen LogP contribution in [0.2, 0.25) is 0 Å². The number of nitrogens with zero attached hydrogens (tertiary/aromatic N) is 1. The number of pyridine rings is 1. The molecule has 0 bridgehead atoms. The normalized spacial score (nSPS) is 13.1. The molecule has 0 saturated heterocycles. The number of rotatable bonds is 1. The summed E-state index contributed by atoms with van der Waals surface area (Å²) < 4.78 is 2.32. The average Bonchev–Trinajstić information content (AvgIpc) is 3.29. The van der Waals surface area contributed by atoms with Crippen molar-refractivity contribution in [2.75, 3.05) is 0 Å².